The Hall–Kier alpha value is -2.38. The highest BCUT2D eigenvalue weighted by Crippen LogP contribution is 2.36. The Labute approximate surface area is 140 Å². The fraction of sp³-hybridized carbons (Fsp3) is 0.125. The van der Waals surface area contributed by atoms with Crippen LogP contribution in [0.15, 0.2) is 35.7 Å². The van der Waals surface area contributed by atoms with Gasteiger partial charge in [-0.15, -0.1) is 22.7 Å². The number of carbonyl (C=O) groups excluding carboxylic acids is 1. The predicted octanol–water partition coefficient (Wildman–Crippen LogP) is 4.16. The molecule has 1 aliphatic rings. The number of benzene rings is 1. The summed E-state index contributed by atoms with van der Waals surface area (Å²) in [5.41, 5.74) is 1.73. The second-order valence-corrected chi connectivity index (χ2v) is 7.12. The molecule has 116 valence electrons. The van der Waals surface area contributed by atoms with Crippen LogP contribution in [-0.4, -0.2) is 17.7 Å². The van der Waals surface area contributed by atoms with Crippen LogP contribution in [0.5, 0.6) is 11.5 Å². The van der Waals surface area contributed by atoms with Crippen LogP contribution in [0.2, 0.25) is 0 Å². The van der Waals surface area contributed by atoms with E-state index in [2.05, 4.69) is 10.3 Å². The van der Waals surface area contributed by atoms with E-state index in [4.69, 9.17) is 9.47 Å². The van der Waals surface area contributed by atoms with Gasteiger partial charge in [0.05, 0.1) is 10.6 Å². The molecule has 7 heteroatoms. The Bertz CT molecular complexity index is 885. The van der Waals surface area contributed by atoms with Crippen LogP contribution in [0.1, 0.15) is 14.5 Å². The molecule has 0 saturated carbocycles. The summed E-state index contributed by atoms with van der Waals surface area (Å²) in [6, 6.07) is 9.44. The SMILES string of the molecule is Cc1ccc(C(=O)Nc2nc(-c3ccc4c(c3)OCO4)cs2)s1. The van der Waals surface area contributed by atoms with Gasteiger partial charge in [0.25, 0.3) is 5.91 Å². The summed E-state index contributed by atoms with van der Waals surface area (Å²) in [6.07, 6.45) is 0. The molecule has 5 nitrogen and oxygen atoms in total. The van der Waals surface area contributed by atoms with Crippen molar-refractivity contribution in [1.82, 2.24) is 4.98 Å². The van der Waals surface area contributed by atoms with Crippen molar-refractivity contribution in [2.24, 2.45) is 0 Å². The Balaban J connectivity index is 1.54. The number of hydrogen-bond donors (Lipinski definition) is 1. The standard InChI is InChI=1S/C16H12N2O3S2/c1-9-2-5-14(23-9)15(19)18-16-17-11(7-22-16)10-3-4-12-13(6-10)21-8-20-12/h2-7H,8H2,1H3,(H,17,18,19). The number of aryl methyl sites for hydroxylation is 1. The molecule has 4 rings (SSSR count). The van der Waals surface area contributed by atoms with Crippen molar-refractivity contribution in [1.29, 1.82) is 0 Å². The summed E-state index contributed by atoms with van der Waals surface area (Å²) in [4.78, 5) is 18.4. The quantitative estimate of drug-likeness (QED) is 0.775. The van der Waals surface area contributed by atoms with Gasteiger partial charge < -0.3 is 9.47 Å². The Morgan fingerprint density at radius 2 is 2.09 bits per heavy atom. The smallest absolute Gasteiger partial charge is 0.267 e. The molecule has 3 aromatic rings. The molecule has 0 bridgehead atoms. The van der Waals surface area contributed by atoms with Crippen molar-refractivity contribution in [3.05, 3.63) is 45.5 Å². The molecular weight excluding hydrogens is 332 g/mol. The minimum atomic E-state index is -0.130. The van der Waals surface area contributed by atoms with Gasteiger partial charge in [-0.25, -0.2) is 4.98 Å². The van der Waals surface area contributed by atoms with Crippen molar-refractivity contribution in [3.8, 4) is 22.8 Å². The van der Waals surface area contributed by atoms with Gasteiger partial charge in [-0.1, -0.05) is 0 Å². The van der Waals surface area contributed by atoms with Gasteiger partial charge in [-0.05, 0) is 37.3 Å². The fourth-order valence-electron chi connectivity index (χ4n) is 2.23. The molecule has 0 atom stereocenters. The van der Waals surface area contributed by atoms with E-state index in [9.17, 15) is 4.79 Å². The van der Waals surface area contributed by atoms with Crippen LogP contribution in [-0.2, 0) is 0 Å². The number of rotatable bonds is 3. The van der Waals surface area contributed by atoms with Crippen molar-refractivity contribution in [3.63, 3.8) is 0 Å². The minimum absolute atomic E-state index is 0.130. The molecule has 1 amide bonds. The molecule has 3 heterocycles. The Morgan fingerprint density at radius 1 is 1.22 bits per heavy atom. The summed E-state index contributed by atoms with van der Waals surface area (Å²) in [5, 5.41) is 5.32. The number of ether oxygens (including phenoxy) is 2. The molecule has 1 N–H and O–H groups in total. The summed E-state index contributed by atoms with van der Waals surface area (Å²) in [7, 11) is 0. The molecule has 23 heavy (non-hydrogen) atoms. The molecular formula is C16H12N2O3S2. The van der Waals surface area contributed by atoms with Crippen LogP contribution in [0.25, 0.3) is 11.3 Å². The number of hydrogen-bond acceptors (Lipinski definition) is 6. The van der Waals surface area contributed by atoms with Crippen LogP contribution in [0, 0.1) is 6.92 Å². The van der Waals surface area contributed by atoms with Crippen molar-refractivity contribution < 1.29 is 14.3 Å². The number of amides is 1. The van der Waals surface area contributed by atoms with Gasteiger partial charge in [0, 0.05) is 15.8 Å². The third-order valence-corrected chi connectivity index (χ3v) is 5.11. The molecule has 0 saturated heterocycles. The Morgan fingerprint density at radius 3 is 2.91 bits per heavy atom. The topological polar surface area (TPSA) is 60.5 Å². The van der Waals surface area contributed by atoms with Crippen LogP contribution in [0.4, 0.5) is 5.13 Å². The first-order valence-corrected chi connectivity index (χ1v) is 8.62. The van der Waals surface area contributed by atoms with Gasteiger partial charge in [0.1, 0.15) is 0 Å². The lowest BCUT2D eigenvalue weighted by Crippen LogP contribution is -2.09. The van der Waals surface area contributed by atoms with Crippen LogP contribution < -0.4 is 14.8 Å². The maximum Gasteiger partial charge on any atom is 0.267 e. The molecule has 0 spiro atoms. The average Bonchev–Trinajstić information content (AvgIpc) is 3.26. The van der Waals surface area contributed by atoms with E-state index in [0.29, 0.717) is 10.0 Å². The lowest BCUT2D eigenvalue weighted by molar-refractivity contribution is 0.103. The number of aromatic nitrogens is 1. The van der Waals surface area contributed by atoms with Gasteiger partial charge in [-0.2, -0.15) is 0 Å². The summed E-state index contributed by atoms with van der Waals surface area (Å²) >= 11 is 2.86. The maximum atomic E-state index is 12.2. The number of thiophene rings is 1. The van der Waals surface area contributed by atoms with Crippen molar-refractivity contribution in [2.75, 3.05) is 12.1 Å². The van der Waals surface area contributed by atoms with Gasteiger partial charge >= 0.3 is 0 Å². The molecule has 1 aliphatic heterocycles. The number of nitrogens with zero attached hydrogens (tertiary/aromatic N) is 1. The number of nitrogens with one attached hydrogen (secondary N) is 1. The van der Waals surface area contributed by atoms with E-state index in [1.165, 1.54) is 22.7 Å². The maximum absolute atomic E-state index is 12.2. The first-order chi connectivity index (χ1) is 11.2. The van der Waals surface area contributed by atoms with E-state index < -0.39 is 0 Å². The van der Waals surface area contributed by atoms with Crippen LogP contribution >= 0.6 is 22.7 Å². The summed E-state index contributed by atoms with van der Waals surface area (Å²) < 4.78 is 10.7. The lowest BCUT2D eigenvalue weighted by atomic mass is 10.1. The monoisotopic (exact) mass is 344 g/mol. The van der Waals surface area contributed by atoms with E-state index in [0.717, 1.165) is 27.6 Å². The second-order valence-electron chi connectivity index (χ2n) is 4.97. The molecule has 2 aromatic heterocycles. The van der Waals surface area contributed by atoms with Gasteiger partial charge in [-0.3, -0.25) is 10.1 Å². The van der Waals surface area contributed by atoms with E-state index in [1.54, 1.807) is 0 Å². The van der Waals surface area contributed by atoms with Gasteiger partial charge in [0.15, 0.2) is 16.6 Å². The zero-order valence-corrected chi connectivity index (χ0v) is 13.8. The molecule has 0 fully saturated rings. The third kappa shape index (κ3) is 2.80. The molecule has 0 radical (unpaired) electrons. The number of anilines is 1. The molecule has 1 aromatic carbocycles. The van der Waals surface area contributed by atoms with E-state index >= 15 is 0 Å². The molecule has 0 aliphatic carbocycles. The minimum Gasteiger partial charge on any atom is -0.454 e. The fourth-order valence-corrected chi connectivity index (χ4v) is 3.71. The number of thiazole rings is 1. The predicted molar refractivity (Wildman–Crippen MR) is 90.7 cm³/mol. The van der Waals surface area contributed by atoms with E-state index in [1.807, 2.05) is 42.6 Å². The highest BCUT2D eigenvalue weighted by Gasteiger charge is 2.16. The first-order valence-electron chi connectivity index (χ1n) is 6.92. The zero-order valence-electron chi connectivity index (χ0n) is 12.2. The zero-order chi connectivity index (χ0) is 15.8. The summed E-state index contributed by atoms with van der Waals surface area (Å²) in [5.74, 6) is 1.33. The Kier molecular flexibility index (Phi) is 3.51. The lowest BCUT2D eigenvalue weighted by Gasteiger charge is -2.00. The average molecular weight is 344 g/mol. The first kappa shape index (κ1) is 14.2. The van der Waals surface area contributed by atoms with Crippen LogP contribution in [0.3, 0.4) is 0 Å². The van der Waals surface area contributed by atoms with E-state index in [-0.39, 0.29) is 12.7 Å². The number of fused-ring (bicyclic) bond motifs is 1. The summed E-state index contributed by atoms with van der Waals surface area (Å²) in [6.45, 7) is 2.22. The highest BCUT2D eigenvalue weighted by molar-refractivity contribution is 7.15. The number of carbonyl (C=O) groups is 1. The van der Waals surface area contributed by atoms with Gasteiger partial charge in [0.2, 0.25) is 6.79 Å². The highest BCUT2D eigenvalue weighted by atomic mass is 32.1. The second kappa shape index (κ2) is 5.68. The third-order valence-electron chi connectivity index (χ3n) is 3.36. The molecule has 0 unspecified atom stereocenters. The van der Waals surface area contributed by atoms with Crippen molar-refractivity contribution in [2.45, 2.75) is 6.92 Å². The van der Waals surface area contributed by atoms with Crippen molar-refractivity contribution >= 4 is 33.7 Å². The normalized spacial score (nSPS) is 12.4. The largest absolute Gasteiger partial charge is 0.454 e.